The van der Waals surface area contributed by atoms with Gasteiger partial charge in [-0.05, 0) is 103 Å². The Kier molecular flexibility index (Phi) is 7.87. The third kappa shape index (κ3) is 4.52. The van der Waals surface area contributed by atoms with Crippen LogP contribution in [-0.4, -0.2) is 20.9 Å². The molecule has 3 fully saturated rings. The number of rotatable bonds is 9. The van der Waals surface area contributed by atoms with Gasteiger partial charge in [0.15, 0.2) is 5.78 Å². The first kappa shape index (κ1) is 25.2. The lowest BCUT2D eigenvalue weighted by Gasteiger charge is -2.61. The number of aliphatic hydroxyl groups is 1. The van der Waals surface area contributed by atoms with Gasteiger partial charge in [-0.2, -0.15) is 0 Å². The number of hydrogen-bond acceptors (Lipinski definition) is 2. The minimum Gasteiger partial charge on any atom is -0.390 e. The zero-order chi connectivity index (χ0) is 23.0. The van der Waals surface area contributed by atoms with E-state index < -0.39 is 5.60 Å². The Morgan fingerprint density at radius 3 is 2.31 bits per heavy atom. The van der Waals surface area contributed by atoms with E-state index in [2.05, 4.69) is 49.4 Å². The highest BCUT2D eigenvalue weighted by Crippen LogP contribution is 2.69. The zero-order valence-electron chi connectivity index (χ0n) is 20.9. The van der Waals surface area contributed by atoms with Crippen LogP contribution in [0.4, 0.5) is 0 Å². The van der Waals surface area contributed by atoms with Crippen LogP contribution in [0.15, 0.2) is 11.6 Å². The van der Waals surface area contributed by atoms with Crippen molar-refractivity contribution in [3.63, 3.8) is 0 Å². The van der Waals surface area contributed by atoms with Gasteiger partial charge in [-0.15, -0.1) is 0 Å². The second kappa shape index (κ2) is 9.99. The summed E-state index contributed by atoms with van der Waals surface area (Å²) in [6.45, 7) is 7.02. The fourth-order valence-electron chi connectivity index (χ4n) is 8.63. The summed E-state index contributed by atoms with van der Waals surface area (Å²) in [4.78, 5) is 12.3. The Bertz CT molecular complexity index is 712. The topological polar surface area (TPSA) is 37.3 Å². The van der Waals surface area contributed by atoms with Crippen LogP contribution in [0.3, 0.4) is 0 Å². The standard InChI is InChI=1S/C29H47IO2/c1-27-15-12-23(31)20-22(27)19-21(11-9-7-5-4-6-8-10-18-30)26-24(27)13-16-28(2)25(26)14-17-29(28,3)32/h20-21,24-26,32H,4-19H2,1-3H3/t21-,24?,25?,26?,27+,28+,29+/m1/s1. The third-order valence-corrected chi connectivity index (χ3v) is 11.7. The third-order valence-electron chi connectivity index (χ3n) is 10.9. The van der Waals surface area contributed by atoms with Crippen molar-refractivity contribution in [2.45, 2.75) is 123 Å². The summed E-state index contributed by atoms with van der Waals surface area (Å²) in [5.74, 6) is 3.18. The molecule has 1 N–H and O–H groups in total. The first-order valence-corrected chi connectivity index (χ1v) is 15.3. The molecule has 3 saturated carbocycles. The number of halogens is 1. The van der Waals surface area contributed by atoms with E-state index in [0.717, 1.165) is 38.0 Å². The maximum absolute atomic E-state index is 12.3. The number of allylic oxidation sites excluding steroid dienone is 1. The van der Waals surface area contributed by atoms with Crippen molar-refractivity contribution < 1.29 is 9.90 Å². The molecule has 7 atom stereocenters. The van der Waals surface area contributed by atoms with Gasteiger partial charge in [-0.25, -0.2) is 0 Å². The van der Waals surface area contributed by atoms with Gasteiger partial charge in [-0.3, -0.25) is 4.79 Å². The summed E-state index contributed by atoms with van der Waals surface area (Å²) in [5, 5.41) is 11.3. The van der Waals surface area contributed by atoms with E-state index in [4.69, 9.17) is 0 Å². The van der Waals surface area contributed by atoms with Crippen LogP contribution >= 0.6 is 22.6 Å². The minimum atomic E-state index is -0.509. The maximum Gasteiger partial charge on any atom is 0.155 e. The molecule has 3 unspecified atom stereocenters. The molecule has 0 amide bonds. The van der Waals surface area contributed by atoms with E-state index in [1.54, 1.807) is 0 Å². The smallest absolute Gasteiger partial charge is 0.155 e. The molecule has 4 aliphatic carbocycles. The summed E-state index contributed by atoms with van der Waals surface area (Å²) in [5.41, 5.74) is 1.29. The first-order valence-electron chi connectivity index (χ1n) is 13.8. The highest BCUT2D eigenvalue weighted by molar-refractivity contribution is 14.1. The number of unbranched alkanes of at least 4 members (excludes halogenated alkanes) is 6. The lowest BCUT2D eigenvalue weighted by atomic mass is 9.44. The number of carbonyl (C=O) groups excluding carboxylic acids is 1. The molecule has 0 aromatic rings. The Morgan fingerprint density at radius 1 is 0.938 bits per heavy atom. The van der Waals surface area contributed by atoms with E-state index in [0.29, 0.717) is 23.5 Å². The van der Waals surface area contributed by atoms with Crippen molar-refractivity contribution in [3.05, 3.63) is 11.6 Å². The van der Waals surface area contributed by atoms with Gasteiger partial charge in [0.1, 0.15) is 0 Å². The molecular formula is C29H47IO2. The number of ketones is 1. The van der Waals surface area contributed by atoms with Crippen molar-refractivity contribution in [3.8, 4) is 0 Å². The molecule has 3 heteroatoms. The Morgan fingerprint density at radius 2 is 1.59 bits per heavy atom. The van der Waals surface area contributed by atoms with Crippen molar-refractivity contribution in [1.29, 1.82) is 0 Å². The summed E-state index contributed by atoms with van der Waals surface area (Å²) >= 11 is 2.49. The maximum atomic E-state index is 12.3. The molecule has 0 heterocycles. The van der Waals surface area contributed by atoms with Gasteiger partial charge >= 0.3 is 0 Å². The highest BCUT2D eigenvalue weighted by atomic mass is 127. The van der Waals surface area contributed by atoms with Gasteiger partial charge < -0.3 is 5.11 Å². The molecule has 4 aliphatic rings. The van der Waals surface area contributed by atoms with Crippen molar-refractivity contribution in [2.24, 2.45) is 34.5 Å². The fraction of sp³-hybridized carbons (Fsp3) is 0.897. The summed E-state index contributed by atoms with van der Waals surface area (Å²) in [6, 6.07) is 0. The van der Waals surface area contributed by atoms with E-state index in [9.17, 15) is 9.90 Å². The van der Waals surface area contributed by atoms with Crippen LogP contribution in [0.1, 0.15) is 117 Å². The van der Waals surface area contributed by atoms with Gasteiger partial charge in [0.25, 0.3) is 0 Å². The number of hydrogen-bond donors (Lipinski definition) is 1. The van der Waals surface area contributed by atoms with Gasteiger partial charge in [-0.1, -0.05) is 80.5 Å². The van der Waals surface area contributed by atoms with Crippen LogP contribution in [0.25, 0.3) is 0 Å². The lowest BCUT2D eigenvalue weighted by Crippen LogP contribution is -2.56. The molecule has 0 aromatic carbocycles. The van der Waals surface area contributed by atoms with Gasteiger partial charge in [0.05, 0.1) is 5.60 Å². The average molecular weight is 555 g/mol. The molecule has 4 rings (SSSR count). The molecule has 0 bridgehead atoms. The lowest BCUT2D eigenvalue weighted by molar-refractivity contribution is -0.135. The average Bonchev–Trinajstić information content (AvgIpc) is 3.00. The summed E-state index contributed by atoms with van der Waals surface area (Å²) in [6.07, 6.45) is 20.6. The van der Waals surface area contributed by atoms with Crippen molar-refractivity contribution >= 4 is 28.4 Å². The molecule has 0 saturated heterocycles. The molecule has 32 heavy (non-hydrogen) atoms. The van der Waals surface area contributed by atoms with Crippen molar-refractivity contribution in [2.75, 3.05) is 4.43 Å². The summed E-state index contributed by atoms with van der Waals surface area (Å²) in [7, 11) is 0. The molecule has 182 valence electrons. The predicted octanol–water partition coefficient (Wildman–Crippen LogP) is 8.05. The summed E-state index contributed by atoms with van der Waals surface area (Å²) < 4.78 is 1.30. The minimum absolute atomic E-state index is 0.0765. The van der Waals surface area contributed by atoms with Crippen LogP contribution < -0.4 is 0 Å². The van der Waals surface area contributed by atoms with Gasteiger partial charge in [0.2, 0.25) is 0 Å². The predicted molar refractivity (Wildman–Crippen MR) is 142 cm³/mol. The van der Waals surface area contributed by atoms with E-state index in [1.807, 2.05) is 0 Å². The number of fused-ring (bicyclic) bond motifs is 5. The molecule has 2 nitrogen and oxygen atoms in total. The SMILES string of the molecule is C[C@]12CCC(=O)C=C1C[C@@H](CCCCCCCCCI)C1C2CC[C@@]2(C)C1CC[C@]2(C)O. The van der Waals surface area contributed by atoms with Gasteiger partial charge in [0, 0.05) is 6.42 Å². The zero-order valence-corrected chi connectivity index (χ0v) is 23.1. The molecule has 0 spiro atoms. The van der Waals surface area contributed by atoms with Crippen LogP contribution in [0.5, 0.6) is 0 Å². The van der Waals surface area contributed by atoms with Crippen LogP contribution in [-0.2, 0) is 4.79 Å². The number of alkyl halides is 1. The second-order valence-corrected chi connectivity index (χ2v) is 13.6. The van der Waals surface area contributed by atoms with Crippen LogP contribution in [0, 0.1) is 34.5 Å². The van der Waals surface area contributed by atoms with Crippen LogP contribution in [0.2, 0.25) is 0 Å². The molecular weight excluding hydrogens is 507 g/mol. The largest absolute Gasteiger partial charge is 0.390 e. The van der Waals surface area contributed by atoms with E-state index >= 15 is 0 Å². The van der Waals surface area contributed by atoms with Crippen molar-refractivity contribution in [1.82, 2.24) is 0 Å². The molecule has 0 radical (unpaired) electrons. The second-order valence-electron chi connectivity index (χ2n) is 12.5. The Balaban J connectivity index is 1.48. The molecule has 0 aromatic heterocycles. The molecule has 0 aliphatic heterocycles. The van der Waals surface area contributed by atoms with E-state index in [1.165, 1.54) is 74.2 Å². The quantitative estimate of drug-likeness (QED) is 0.178. The monoisotopic (exact) mass is 554 g/mol. The Labute approximate surface area is 210 Å². The first-order chi connectivity index (χ1) is 15.2. The fourth-order valence-corrected chi connectivity index (χ4v) is 9.17. The van der Waals surface area contributed by atoms with E-state index in [-0.39, 0.29) is 10.8 Å². The highest BCUT2D eigenvalue weighted by Gasteiger charge is 2.64. The Hall–Kier alpha value is 0.1000. The normalized spacial score (nSPS) is 43.4. The number of carbonyl (C=O) groups is 1.